The van der Waals surface area contributed by atoms with Gasteiger partial charge >= 0.3 is 12.0 Å². The van der Waals surface area contributed by atoms with E-state index >= 15 is 0 Å². The van der Waals surface area contributed by atoms with Gasteiger partial charge in [-0.05, 0) is 23.1 Å². The number of aliphatic carboxylic acids is 1. The van der Waals surface area contributed by atoms with Gasteiger partial charge < -0.3 is 10.0 Å². The van der Waals surface area contributed by atoms with E-state index in [9.17, 15) is 19.5 Å². The van der Waals surface area contributed by atoms with Crippen LogP contribution in [0, 0.1) is 0 Å². The Kier molecular flexibility index (Phi) is 7.33. The van der Waals surface area contributed by atoms with Crippen molar-refractivity contribution in [2.24, 2.45) is 0 Å². The highest BCUT2D eigenvalue weighted by atomic mass is 32.1. The molecule has 3 amide bonds. The molecule has 0 saturated carbocycles. The second-order valence-corrected chi connectivity index (χ2v) is 8.65. The molecule has 34 heavy (non-hydrogen) atoms. The lowest BCUT2D eigenvalue weighted by molar-refractivity contribution is -0.138. The van der Waals surface area contributed by atoms with E-state index in [1.807, 2.05) is 91.0 Å². The van der Waals surface area contributed by atoms with Crippen molar-refractivity contribution in [2.75, 3.05) is 12.3 Å². The van der Waals surface area contributed by atoms with Crippen molar-refractivity contribution in [3.05, 3.63) is 108 Å². The van der Waals surface area contributed by atoms with Crippen LogP contribution >= 0.6 is 12.6 Å². The van der Waals surface area contributed by atoms with Crippen LogP contribution in [0.3, 0.4) is 0 Å². The summed E-state index contributed by atoms with van der Waals surface area (Å²) in [7, 11) is 0. The molecule has 3 aromatic rings. The molecule has 1 N–H and O–H groups in total. The number of carbonyl (C=O) groups is 3. The lowest BCUT2D eigenvalue weighted by atomic mass is 9.84. The Morgan fingerprint density at radius 3 is 1.82 bits per heavy atom. The van der Waals surface area contributed by atoms with Crippen LogP contribution in [0.5, 0.6) is 0 Å². The molecule has 0 aromatic heterocycles. The minimum atomic E-state index is -1.17. The maximum atomic E-state index is 13.9. The highest BCUT2D eigenvalue weighted by Crippen LogP contribution is 2.37. The monoisotopic (exact) mass is 474 g/mol. The van der Waals surface area contributed by atoms with Crippen molar-refractivity contribution in [2.45, 2.75) is 24.4 Å². The zero-order valence-corrected chi connectivity index (χ0v) is 19.4. The average Bonchev–Trinajstić information content (AvgIpc) is 3.09. The molecule has 0 spiro atoms. The summed E-state index contributed by atoms with van der Waals surface area (Å²) in [5.41, 5.74) is 2.64. The first-order valence-electron chi connectivity index (χ1n) is 11.1. The van der Waals surface area contributed by atoms with Gasteiger partial charge in [0.05, 0.1) is 6.04 Å². The second kappa shape index (κ2) is 10.6. The summed E-state index contributed by atoms with van der Waals surface area (Å²) in [6.07, 6.45) is 0.441. The van der Waals surface area contributed by atoms with E-state index in [2.05, 4.69) is 12.6 Å². The molecular formula is C27H26N2O4S. The molecule has 1 fully saturated rings. The lowest BCUT2D eigenvalue weighted by Crippen LogP contribution is -2.44. The number of benzene rings is 3. The molecule has 2 atom stereocenters. The van der Waals surface area contributed by atoms with Crippen LogP contribution in [0.2, 0.25) is 0 Å². The molecule has 1 aliphatic heterocycles. The van der Waals surface area contributed by atoms with Crippen molar-refractivity contribution in [3.63, 3.8) is 0 Å². The summed E-state index contributed by atoms with van der Waals surface area (Å²) < 4.78 is 0. The SMILES string of the molecule is O=C(O)CN1C(=O)N(C(CS)Cc2ccccc2)C(=O)C1C(c1ccccc1)c1ccccc1. The number of hydrogen-bond acceptors (Lipinski definition) is 4. The summed E-state index contributed by atoms with van der Waals surface area (Å²) in [6, 6.07) is 26.4. The second-order valence-electron chi connectivity index (χ2n) is 8.28. The maximum Gasteiger partial charge on any atom is 0.328 e. The van der Waals surface area contributed by atoms with Gasteiger partial charge in [-0.25, -0.2) is 4.79 Å². The van der Waals surface area contributed by atoms with Crippen LogP contribution < -0.4 is 0 Å². The van der Waals surface area contributed by atoms with Gasteiger partial charge in [-0.15, -0.1) is 0 Å². The van der Waals surface area contributed by atoms with Crippen LogP contribution in [0.1, 0.15) is 22.6 Å². The Bertz CT molecular complexity index is 1100. The zero-order valence-electron chi connectivity index (χ0n) is 18.5. The van der Waals surface area contributed by atoms with E-state index in [-0.39, 0.29) is 5.75 Å². The number of rotatable bonds is 9. The first-order chi connectivity index (χ1) is 16.5. The summed E-state index contributed by atoms with van der Waals surface area (Å²) in [5.74, 6) is -1.82. The third kappa shape index (κ3) is 4.84. The van der Waals surface area contributed by atoms with Crippen LogP contribution in [-0.2, 0) is 16.0 Å². The van der Waals surface area contributed by atoms with Gasteiger partial charge in [0, 0.05) is 11.7 Å². The molecule has 1 saturated heterocycles. The molecular weight excluding hydrogens is 448 g/mol. The van der Waals surface area contributed by atoms with E-state index in [1.54, 1.807) is 0 Å². The number of imide groups is 1. The number of urea groups is 1. The summed E-state index contributed by atoms with van der Waals surface area (Å²) in [4.78, 5) is 41.6. The normalized spacial score (nSPS) is 16.8. The van der Waals surface area contributed by atoms with Crippen molar-refractivity contribution < 1.29 is 19.5 Å². The molecule has 2 unspecified atom stereocenters. The van der Waals surface area contributed by atoms with Gasteiger partial charge in [0.15, 0.2) is 0 Å². The molecule has 174 valence electrons. The Morgan fingerprint density at radius 1 is 0.853 bits per heavy atom. The maximum absolute atomic E-state index is 13.9. The number of carboxylic acids is 1. The van der Waals surface area contributed by atoms with Gasteiger partial charge in [0.1, 0.15) is 12.6 Å². The molecule has 4 rings (SSSR count). The molecule has 0 aliphatic carbocycles. The predicted octanol–water partition coefficient (Wildman–Crippen LogP) is 4.08. The van der Waals surface area contributed by atoms with Crippen LogP contribution in [0.25, 0.3) is 0 Å². The first kappa shape index (κ1) is 23.6. The molecule has 6 nitrogen and oxygen atoms in total. The van der Waals surface area contributed by atoms with Crippen LogP contribution in [0.15, 0.2) is 91.0 Å². The van der Waals surface area contributed by atoms with Gasteiger partial charge in [-0.2, -0.15) is 12.6 Å². The van der Waals surface area contributed by atoms with Crippen molar-refractivity contribution >= 4 is 30.5 Å². The average molecular weight is 475 g/mol. The Labute approximate surface area is 204 Å². The van der Waals surface area contributed by atoms with Crippen molar-refractivity contribution in [3.8, 4) is 0 Å². The number of carboxylic acid groups (broad SMARTS) is 1. The largest absolute Gasteiger partial charge is 0.480 e. The third-order valence-corrected chi connectivity index (χ3v) is 6.53. The number of nitrogens with zero attached hydrogens (tertiary/aromatic N) is 2. The topological polar surface area (TPSA) is 77.9 Å². The fraction of sp³-hybridized carbons (Fsp3) is 0.222. The van der Waals surface area contributed by atoms with Gasteiger partial charge in [0.25, 0.3) is 5.91 Å². The third-order valence-electron chi connectivity index (χ3n) is 6.11. The highest BCUT2D eigenvalue weighted by Gasteiger charge is 2.52. The van der Waals surface area contributed by atoms with E-state index in [1.165, 1.54) is 9.80 Å². The van der Waals surface area contributed by atoms with Crippen molar-refractivity contribution in [1.82, 2.24) is 9.80 Å². The van der Waals surface area contributed by atoms with Gasteiger partial charge in [0.2, 0.25) is 0 Å². The summed E-state index contributed by atoms with van der Waals surface area (Å²) in [5, 5.41) is 9.60. The predicted molar refractivity (Wildman–Crippen MR) is 133 cm³/mol. The van der Waals surface area contributed by atoms with E-state index < -0.39 is 42.5 Å². The number of amides is 3. The molecule has 1 aliphatic rings. The lowest BCUT2D eigenvalue weighted by Gasteiger charge is -2.29. The first-order valence-corrected chi connectivity index (χ1v) is 11.7. The smallest absolute Gasteiger partial charge is 0.328 e. The van der Waals surface area contributed by atoms with E-state index in [0.29, 0.717) is 6.42 Å². The Morgan fingerprint density at radius 2 is 1.35 bits per heavy atom. The molecule has 1 heterocycles. The Hall–Kier alpha value is -3.58. The number of hydrogen-bond donors (Lipinski definition) is 2. The van der Waals surface area contributed by atoms with Crippen LogP contribution in [-0.4, -0.2) is 57.2 Å². The molecule has 7 heteroatoms. The van der Waals surface area contributed by atoms with Gasteiger partial charge in [-0.3, -0.25) is 14.5 Å². The minimum absolute atomic E-state index is 0.265. The fourth-order valence-corrected chi connectivity index (χ4v) is 4.89. The highest BCUT2D eigenvalue weighted by molar-refractivity contribution is 7.80. The summed E-state index contributed by atoms with van der Waals surface area (Å²) >= 11 is 4.44. The van der Waals surface area contributed by atoms with Crippen molar-refractivity contribution in [1.29, 1.82) is 0 Å². The van der Waals surface area contributed by atoms with Crippen LogP contribution in [0.4, 0.5) is 4.79 Å². The van der Waals surface area contributed by atoms with Gasteiger partial charge in [-0.1, -0.05) is 91.0 Å². The standard InChI is InChI=1S/C27H26N2O4S/c30-23(31)17-28-25(24(20-12-6-2-7-13-20)21-14-8-3-9-15-21)26(32)29(27(28)33)22(18-34)16-19-10-4-1-5-11-19/h1-15,22,24-25,34H,16-18H2,(H,30,31). The molecule has 0 bridgehead atoms. The zero-order chi connectivity index (χ0) is 24.1. The minimum Gasteiger partial charge on any atom is -0.480 e. The van der Waals surface area contributed by atoms with E-state index in [0.717, 1.165) is 16.7 Å². The fourth-order valence-electron chi connectivity index (χ4n) is 4.60. The summed E-state index contributed by atoms with van der Waals surface area (Å²) in [6.45, 7) is -0.563. The molecule has 3 aromatic carbocycles. The Balaban J connectivity index is 1.78. The molecule has 0 radical (unpaired) electrons. The number of carbonyl (C=O) groups excluding carboxylic acids is 2. The van der Waals surface area contributed by atoms with E-state index in [4.69, 9.17) is 0 Å². The number of thiol groups is 1. The quantitative estimate of drug-likeness (QED) is 0.362.